The fourth-order valence-corrected chi connectivity index (χ4v) is 3.77. The highest BCUT2D eigenvalue weighted by atomic mass is 32.2. The second-order valence-corrected chi connectivity index (χ2v) is 6.70. The first-order chi connectivity index (χ1) is 8.81. The van der Waals surface area contributed by atoms with Gasteiger partial charge in [-0.05, 0) is 26.0 Å². The molecular formula is C13H14N2O3S. The molecule has 1 aromatic rings. The molecule has 19 heavy (non-hydrogen) atoms. The van der Waals surface area contributed by atoms with Crippen LogP contribution in [-0.4, -0.2) is 30.0 Å². The largest absolute Gasteiger partial charge is 0.370 e. The number of hydrogen-bond donors (Lipinski definition) is 1. The van der Waals surface area contributed by atoms with Crippen LogP contribution in [0.2, 0.25) is 0 Å². The standard InChI is InChI=1S/C13H14N2O3S/c1-9-7-13(2,16)15(8-9)12-10-5-3-4-6-11(10)19(17,18)14-12/h3-6,8,16H,7H2,1-2H3/t13-/m0/s1. The van der Waals surface area contributed by atoms with Crippen LogP contribution in [0, 0.1) is 0 Å². The number of sulfonamides is 1. The molecule has 1 aromatic carbocycles. The van der Waals surface area contributed by atoms with Crippen LogP contribution in [0.25, 0.3) is 0 Å². The summed E-state index contributed by atoms with van der Waals surface area (Å²) in [5, 5.41) is 10.4. The lowest BCUT2D eigenvalue weighted by atomic mass is 10.1. The van der Waals surface area contributed by atoms with Crippen LogP contribution in [0.3, 0.4) is 0 Å². The number of aliphatic hydroxyl groups is 1. The molecule has 0 aromatic heterocycles. The lowest BCUT2D eigenvalue weighted by Crippen LogP contribution is -2.43. The quantitative estimate of drug-likeness (QED) is 0.780. The first kappa shape index (κ1) is 12.4. The Bertz CT molecular complexity index is 717. The summed E-state index contributed by atoms with van der Waals surface area (Å²) in [7, 11) is -3.65. The predicted molar refractivity (Wildman–Crippen MR) is 71.0 cm³/mol. The Labute approximate surface area is 111 Å². The normalized spacial score (nSPS) is 28.1. The summed E-state index contributed by atoms with van der Waals surface area (Å²) in [6.07, 6.45) is 2.21. The average molecular weight is 278 g/mol. The van der Waals surface area contributed by atoms with E-state index in [4.69, 9.17) is 0 Å². The van der Waals surface area contributed by atoms with Gasteiger partial charge in [-0.1, -0.05) is 17.7 Å². The van der Waals surface area contributed by atoms with Gasteiger partial charge in [0.2, 0.25) is 0 Å². The molecule has 0 saturated heterocycles. The molecule has 100 valence electrons. The van der Waals surface area contributed by atoms with E-state index in [2.05, 4.69) is 4.40 Å². The summed E-state index contributed by atoms with van der Waals surface area (Å²) in [6, 6.07) is 6.66. The SMILES string of the molecule is CC1=CN(C2=NS(=O)(=O)c3ccccc32)[C@@](C)(O)C1. The molecule has 5 nitrogen and oxygen atoms in total. The molecule has 0 amide bonds. The predicted octanol–water partition coefficient (Wildman–Crippen LogP) is 1.45. The Morgan fingerprint density at radius 1 is 1.37 bits per heavy atom. The van der Waals surface area contributed by atoms with Crippen LogP contribution >= 0.6 is 0 Å². The number of hydrogen-bond acceptors (Lipinski definition) is 4. The third-order valence-corrected chi connectivity index (χ3v) is 4.65. The molecule has 2 heterocycles. The van der Waals surface area contributed by atoms with Gasteiger partial charge in [0.15, 0.2) is 5.84 Å². The molecule has 2 aliphatic rings. The van der Waals surface area contributed by atoms with Gasteiger partial charge in [-0.2, -0.15) is 8.42 Å². The molecule has 0 saturated carbocycles. The van der Waals surface area contributed by atoms with Gasteiger partial charge in [-0.15, -0.1) is 4.40 Å². The van der Waals surface area contributed by atoms with Crippen molar-refractivity contribution < 1.29 is 13.5 Å². The van der Waals surface area contributed by atoms with Gasteiger partial charge in [0.25, 0.3) is 10.0 Å². The topological polar surface area (TPSA) is 70.0 Å². The van der Waals surface area contributed by atoms with E-state index in [1.807, 2.05) is 6.92 Å². The maximum absolute atomic E-state index is 12.0. The number of fused-ring (bicyclic) bond motifs is 1. The van der Waals surface area contributed by atoms with E-state index in [0.29, 0.717) is 12.0 Å². The van der Waals surface area contributed by atoms with E-state index in [1.165, 1.54) is 11.0 Å². The van der Waals surface area contributed by atoms with Crippen molar-refractivity contribution in [3.63, 3.8) is 0 Å². The average Bonchev–Trinajstić information content (AvgIpc) is 2.73. The van der Waals surface area contributed by atoms with E-state index >= 15 is 0 Å². The smallest absolute Gasteiger partial charge is 0.285 e. The molecule has 2 aliphatic heterocycles. The molecule has 0 bridgehead atoms. The third-order valence-electron chi connectivity index (χ3n) is 3.32. The summed E-state index contributed by atoms with van der Waals surface area (Å²) in [5.74, 6) is 0.289. The van der Waals surface area contributed by atoms with Crippen molar-refractivity contribution in [1.29, 1.82) is 0 Å². The molecule has 0 radical (unpaired) electrons. The van der Waals surface area contributed by atoms with Gasteiger partial charge in [0.05, 0.1) is 0 Å². The number of rotatable bonds is 0. The summed E-state index contributed by atoms with van der Waals surface area (Å²) >= 11 is 0. The third kappa shape index (κ3) is 1.79. The lowest BCUT2D eigenvalue weighted by molar-refractivity contribution is -0.0156. The minimum Gasteiger partial charge on any atom is -0.370 e. The number of nitrogens with zero attached hydrogens (tertiary/aromatic N) is 2. The molecule has 0 spiro atoms. The van der Waals surface area contributed by atoms with Crippen molar-refractivity contribution in [3.8, 4) is 0 Å². The van der Waals surface area contributed by atoms with Gasteiger partial charge in [0.1, 0.15) is 10.6 Å². The molecule has 1 atom stereocenters. The highest BCUT2D eigenvalue weighted by Gasteiger charge is 2.41. The highest BCUT2D eigenvalue weighted by Crippen LogP contribution is 2.35. The monoisotopic (exact) mass is 278 g/mol. The zero-order chi connectivity index (χ0) is 13.8. The number of amidine groups is 1. The van der Waals surface area contributed by atoms with Crippen molar-refractivity contribution in [2.75, 3.05) is 0 Å². The molecular weight excluding hydrogens is 264 g/mol. The van der Waals surface area contributed by atoms with Gasteiger partial charge in [0, 0.05) is 18.2 Å². The van der Waals surface area contributed by atoms with E-state index in [-0.39, 0.29) is 10.7 Å². The first-order valence-electron chi connectivity index (χ1n) is 5.95. The zero-order valence-electron chi connectivity index (χ0n) is 10.7. The fraction of sp³-hybridized carbons (Fsp3) is 0.308. The summed E-state index contributed by atoms with van der Waals surface area (Å²) < 4.78 is 27.8. The molecule has 0 aliphatic carbocycles. The Morgan fingerprint density at radius 2 is 2.05 bits per heavy atom. The van der Waals surface area contributed by atoms with Crippen molar-refractivity contribution in [3.05, 3.63) is 41.6 Å². The maximum Gasteiger partial charge on any atom is 0.285 e. The van der Waals surface area contributed by atoms with Gasteiger partial charge in [-0.25, -0.2) is 0 Å². The van der Waals surface area contributed by atoms with E-state index in [0.717, 1.165) is 5.57 Å². The highest BCUT2D eigenvalue weighted by molar-refractivity contribution is 7.90. The van der Waals surface area contributed by atoms with Crippen molar-refractivity contribution in [2.45, 2.75) is 30.9 Å². The van der Waals surface area contributed by atoms with Crippen molar-refractivity contribution in [1.82, 2.24) is 4.90 Å². The van der Waals surface area contributed by atoms with E-state index < -0.39 is 15.7 Å². The molecule has 0 fully saturated rings. The fourth-order valence-electron chi connectivity index (χ4n) is 2.57. The molecule has 1 N–H and O–H groups in total. The summed E-state index contributed by atoms with van der Waals surface area (Å²) in [5.41, 5.74) is 0.374. The van der Waals surface area contributed by atoms with Crippen LogP contribution in [-0.2, 0) is 10.0 Å². The second kappa shape index (κ2) is 3.68. The lowest BCUT2D eigenvalue weighted by Gasteiger charge is -2.30. The molecule has 6 heteroatoms. The zero-order valence-corrected chi connectivity index (χ0v) is 11.5. The van der Waals surface area contributed by atoms with Crippen LogP contribution < -0.4 is 0 Å². The Balaban J connectivity index is 2.19. The van der Waals surface area contributed by atoms with E-state index in [9.17, 15) is 13.5 Å². The molecule has 0 unspecified atom stereocenters. The molecule has 3 rings (SSSR count). The second-order valence-electron chi connectivity index (χ2n) is 5.13. The minimum absolute atomic E-state index is 0.193. The van der Waals surface area contributed by atoms with Crippen LogP contribution in [0.1, 0.15) is 25.8 Å². The number of benzene rings is 1. The van der Waals surface area contributed by atoms with Gasteiger partial charge < -0.3 is 10.0 Å². The van der Waals surface area contributed by atoms with Crippen molar-refractivity contribution in [2.24, 2.45) is 4.40 Å². The minimum atomic E-state index is -3.65. The maximum atomic E-state index is 12.0. The van der Waals surface area contributed by atoms with E-state index in [1.54, 1.807) is 31.3 Å². The van der Waals surface area contributed by atoms with Crippen molar-refractivity contribution >= 4 is 15.9 Å². The Morgan fingerprint density at radius 3 is 2.68 bits per heavy atom. The van der Waals surface area contributed by atoms with Gasteiger partial charge in [-0.3, -0.25) is 0 Å². The van der Waals surface area contributed by atoms with Gasteiger partial charge >= 0.3 is 0 Å². The summed E-state index contributed by atoms with van der Waals surface area (Å²) in [4.78, 5) is 1.73. The summed E-state index contributed by atoms with van der Waals surface area (Å²) in [6.45, 7) is 3.54. The first-order valence-corrected chi connectivity index (χ1v) is 7.39. The van der Waals surface area contributed by atoms with Crippen LogP contribution in [0.5, 0.6) is 0 Å². The van der Waals surface area contributed by atoms with Crippen LogP contribution in [0.15, 0.2) is 45.3 Å². The Hall–Kier alpha value is -1.66. The Kier molecular flexibility index (Phi) is 2.40. The van der Waals surface area contributed by atoms with Crippen LogP contribution in [0.4, 0.5) is 0 Å².